The van der Waals surface area contributed by atoms with E-state index in [1.807, 2.05) is 6.92 Å². The second-order valence-corrected chi connectivity index (χ2v) is 8.44. The first-order chi connectivity index (χ1) is 12.6. The lowest BCUT2D eigenvalue weighted by molar-refractivity contribution is -0.116. The van der Waals surface area contributed by atoms with Gasteiger partial charge in [-0.3, -0.25) is 9.59 Å². The van der Waals surface area contributed by atoms with Crippen molar-refractivity contribution in [3.05, 3.63) is 59.7 Å². The third-order valence-electron chi connectivity index (χ3n) is 3.92. The van der Waals surface area contributed by atoms with Crippen molar-refractivity contribution in [1.82, 2.24) is 9.21 Å². The minimum atomic E-state index is -3.75. The lowest BCUT2D eigenvalue weighted by atomic mass is 10.2. The zero-order valence-electron chi connectivity index (χ0n) is 15.8. The molecule has 27 heavy (non-hydrogen) atoms. The number of carbonyl (C=O) groups is 2. The van der Waals surface area contributed by atoms with E-state index in [9.17, 15) is 18.0 Å². The molecule has 0 aliphatic carbocycles. The minimum absolute atomic E-state index is 0.134. The Morgan fingerprint density at radius 2 is 1.48 bits per heavy atom. The first-order valence-electron chi connectivity index (χ1n) is 8.26. The molecule has 0 spiro atoms. The van der Waals surface area contributed by atoms with Gasteiger partial charge in [-0.25, -0.2) is 8.42 Å². The Balaban J connectivity index is 2.02. The summed E-state index contributed by atoms with van der Waals surface area (Å²) in [5.41, 5.74) is 1.93. The van der Waals surface area contributed by atoms with Gasteiger partial charge in [0.25, 0.3) is 5.91 Å². The summed E-state index contributed by atoms with van der Waals surface area (Å²) in [6, 6.07) is 12.8. The molecule has 2 rings (SSSR count). The van der Waals surface area contributed by atoms with Crippen LogP contribution in [0.3, 0.4) is 0 Å². The molecular weight excluding hydrogens is 366 g/mol. The lowest BCUT2D eigenvalue weighted by Crippen LogP contribution is -2.35. The molecular formula is C19H23N3O4S. The summed E-state index contributed by atoms with van der Waals surface area (Å²) in [4.78, 5) is 25.6. The number of likely N-dealkylation sites (N-methyl/N-ethyl adjacent to an activating group) is 1. The fourth-order valence-electron chi connectivity index (χ4n) is 2.33. The van der Waals surface area contributed by atoms with E-state index in [1.54, 1.807) is 50.5 Å². The molecule has 0 aromatic heterocycles. The highest BCUT2D eigenvalue weighted by Gasteiger charge is 2.22. The fourth-order valence-corrected chi connectivity index (χ4v) is 3.46. The monoisotopic (exact) mass is 389 g/mol. The van der Waals surface area contributed by atoms with Gasteiger partial charge in [0.1, 0.15) is 0 Å². The Morgan fingerprint density at radius 1 is 0.926 bits per heavy atom. The van der Waals surface area contributed by atoms with E-state index in [-0.39, 0.29) is 17.3 Å². The van der Waals surface area contributed by atoms with Crippen LogP contribution in [0.15, 0.2) is 53.4 Å². The second-order valence-electron chi connectivity index (χ2n) is 6.40. The number of anilines is 1. The Hall–Kier alpha value is -2.71. The summed E-state index contributed by atoms with van der Waals surface area (Å²) >= 11 is 0. The van der Waals surface area contributed by atoms with E-state index in [4.69, 9.17) is 0 Å². The predicted octanol–water partition coefficient (Wildman–Crippen LogP) is 1.96. The number of aryl methyl sites for hydroxylation is 1. The molecule has 7 nitrogen and oxygen atoms in total. The van der Waals surface area contributed by atoms with E-state index >= 15 is 0 Å². The average molecular weight is 389 g/mol. The zero-order chi connectivity index (χ0) is 20.2. The number of rotatable bonds is 6. The van der Waals surface area contributed by atoms with Gasteiger partial charge in [0.2, 0.25) is 15.9 Å². The normalized spacial score (nSPS) is 11.3. The van der Waals surface area contributed by atoms with Gasteiger partial charge in [-0.2, -0.15) is 4.31 Å². The molecule has 0 bridgehead atoms. The van der Waals surface area contributed by atoms with Crippen LogP contribution in [-0.2, 0) is 14.8 Å². The van der Waals surface area contributed by atoms with Gasteiger partial charge in [-0.05, 0) is 43.3 Å². The van der Waals surface area contributed by atoms with Crippen molar-refractivity contribution in [3.8, 4) is 0 Å². The number of nitrogens with one attached hydrogen (secondary N) is 1. The highest BCUT2D eigenvalue weighted by atomic mass is 32.2. The highest BCUT2D eigenvalue weighted by Crippen LogP contribution is 2.15. The summed E-state index contributed by atoms with van der Waals surface area (Å²) < 4.78 is 26.0. The zero-order valence-corrected chi connectivity index (χ0v) is 16.6. The van der Waals surface area contributed by atoms with Crippen LogP contribution >= 0.6 is 0 Å². The predicted molar refractivity (Wildman–Crippen MR) is 104 cm³/mol. The molecule has 0 heterocycles. The first-order valence-corrected chi connectivity index (χ1v) is 9.70. The molecule has 0 saturated carbocycles. The van der Waals surface area contributed by atoms with Crippen molar-refractivity contribution >= 4 is 27.5 Å². The molecule has 0 radical (unpaired) electrons. The first kappa shape index (κ1) is 20.6. The SMILES string of the molecule is Cc1ccc(S(=O)(=O)N(C)CC(=O)Nc2ccc(C(=O)N(C)C)cc2)cc1. The lowest BCUT2D eigenvalue weighted by Gasteiger charge is -2.17. The topological polar surface area (TPSA) is 86.8 Å². The van der Waals surface area contributed by atoms with Crippen LogP contribution in [-0.4, -0.2) is 57.1 Å². The van der Waals surface area contributed by atoms with E-state index in [0.29, 0.717) is 11.3 Å². The van der Waals surface area contributed by atoms with E-state index in [2.05, 4.69) is 5.32 Å². The van der Waals surface area contributed by atoms with Crippen LogP contribution in [0, 0.1) is 6.92 Å². The van der Waals surface area contributed by atoms with Gasteiger partial charge in [-0.15, -0.1) is 0 Å². The number of hydrogen-bond acceptors (Lipinski definition) is 4. The van der Waals surface area contributed by atoms with Crippen molar-refractivity contribution in [1.29, 1.82) is 0 Å². The molecule has 2 amide bonds. The van der Waals surface area contributed by atoms with Gasteiger partial charge in [0.15, 0.2) is 0 Å². The molecule has 0 atom stereocenters. The summed E-state index contributed by atoms with van der Waals surface area (Å²) in [7, 11) is 0.917. The fraction of sp³-hybridized carbons (Fsp3) is 0.263. The largest absolute Gasteiger partial charge is 0.345 e. The molecule has 2 aromatic carbocycles. The highest BCUT2D eigenvalue weighted by molar-refractivity contribution is 7.89. The Bertz CT molecular complexity index is 920. The maximum Gasteiger partial charge on any atom is 0.253 e. The molecule has 0 saturated heterocycles. The summed E-state index contributed by atoms with van der Waals surface area (Å²) in [6.07, 6.45) is 0. The van der Waals surface area contributed by atoms with Crippen molar-refractivity contribution in [2.24, 2.45) is 0 Å². The maximum atomic E-state index is 12.5. The number of benzene rings is 2. The smallest absolute Gasteiger partial charge is 0.253 e. The molecule has 0 aliphatic rings. The molecule has 1 N–H and O–H groups in total. The quantitative estimate of drug-likeness (QED) is 0.818. The third-order valence-corrected chi connectivity index (χ3v) is 5.73. The molecule has 2 aromatic rings. The van der Waals surface area contributed by atoms with Crippen molar-refractivity contribution in [3.63, 3.8) is 0 Å². The third kappa shape index (κ3) is 5.15. The number of sulfonamides is 1. The van der Waals surface area contributed by atoms with Crippen LogP contribution in [0.4, 0.5) is 5.69 Å². The number of hydrogen-bond donors (Lipinski definition) is 1. The molecule has 0 aliphatic heterocycles. The molecule has 0 unspecified atom stereocenters. The second kappa shape index (κ2) is 8.32. The van der Waals surface area contributed by atoms with Gasteiger partial charge >= 0.3 is 0 Å². The Kier molecular flexibility index (Phi) is 6.35. The molecule has 144 valence electrons. The number of amides is 2. The van der Waals surface area contributed by atoms with Crippen molar-refractivity contribution in [2.45, 2.75) is 11.8 Å². The summed E-state index contributed by atoms with van der Waals surface area (Å²) in [6.45, 7) is 1.54. The van der Waals surface area contributed by atoms with Crippen LogP contribution in [0.5, 0.6) is 0 Å². The molecule has 8 heteroatoms. The number of nitrogens with zero attached hydrogens (tertiary/aromatic N) is 2. The minimum Gasteiger partial charge on any atom is -0.345 e. The van der Waals surface area contributed by atoms with Gasteiger partial charge in [-0.1, -0.05) is 17.7 Å². The van der Waals surface area contributed by atoms with E-state index in [0.717, 1.165) is 9.87 Å². The maximum absolute atomic E-state index is 12.5. The van der Waals surface area contributed by atoms with Crippen LogP contribution in [0.1, 0.15) is 15.9 Å². The number of carbonyl (C=O) groups excluding carboxylic acids is 2. The molecule has 0 fully saturated rings. The van der Waals surface area contributed by atoms with Crippen LogP contribution < -0.4 is 5.32 Å². The Labute approximate surface area is 159 Å². The van der Waals surface area contributed by atoms with Gasteiger partial charge in [0.05, 0.1) is 11.4 Å². The van der Waals surface area contributed by atoms with Gasteiger partial charge in [0, 0.05) is 32.4 Å². The summed E-state index contributed by atoms with van der Waals surface area (Å²) in [5.74, 6) is -0.614. The van der Waals surface area contributed by atoms with Crippen LogP contribution in [0.25, 0.3) is 0 Å². The Morgan fingerprint density at radius 3 is 2.00 bits per heavy atom. The van der Waals surface area contributed by atoms with Crippen molar-refractivity contribution in [2.75, 3.05) is 33.0 Å². The standard InChI is InChI=1S/C19H23N3O4S/c1-14-5-11-17(12-6-14)27(25,26)22(4)13-18(23)20-16-9-7-15(8-10-16)19(24)21(2)3/h5-12H,13H2,1-4H3,(H,20,23). The van der Waals surface area contributed by atoms with Gasteiger partial charge < -0.3 is 10.2 Å². The van der Waals surface area contributed by atoms with Crippen LogP contribution in [0.2, 0.25) is 0 Å². The average Bonchev–Trinajstić information content (AvgIpc) is 2.61. The summed E-state index contributed by atoms with van der Waals surface area (Å²) in [5, 5.41) is 2.63. The van der Waals surface area contributed by atoms with Crippen molar-refractivity contribution < 1.29 is 18.0 Å². The van der Waals surface area contributed by atoms with E-state index < -0.39 is 15.9 Å². The van der Waals surface area contributed by atoms with E-state index in [1.165, 1.54) is 24.1 Å².